The van der Waals surface area contributed by atoms with Gasteiger partial charge in [-0.05, 0) is 44.4 Å². The van der Waals surface area contributed by atoms with Crippen molar-refractivity contribution in [2.24, 2.45) is 5.10 Å². The van der Waals surface area contributed by atoms with Gasteiger partial charge < -0.3 is 10.3 Å². The van der Waals surface area contributed by atoms with Gasteiger partial charge in [-0.25, -0.2) is 5.43 Å². The smallest absolute Gasteiger partial charge is 0.272 e. The summed E-state index contributed by atoms with van der Waals surface area (Å²) >= 11 is 0. The molecule has 2 aromatic rings. The number of H-pyrrole nitrogens is 1. The maximum absolute atomic E-state index is 12.3. The van der Waals surface area contributed by atoms with Crippen LogP contribution in [0.5, 0.6) is 0 Å². The number of hydrogen-bond donors (Lipinski definition) is 3. The Kier molecular flexibility index (Phi) is 2.37. The topological polar surface area (TPSA) is 69.3 Å². The lowest BCUT2D eigenvalue weighted by atomic mass is 9.90. The van der Waals surface area contributed by atoms with E-state index in [9.17, 15) is 4.79 Å². The molecule has 5 heteroatoms. The Hall–Kier alpha value is -2.14. The number of amides is 1. The van der Waals surface area contributed by atoms with E-state index in [1.165, 1.54) is 31.4 Å². The molecule has 0 saturated heterocycles. The van der Waals surface area contributed by atoms with Gasteiger partial charge in [0.05, 0.1) is 11.3 Å². The van der Waals surface area contributed by atoms with Crippen molar-refractivity contribution in [3.05, 3.63) is 35.0 Å². The van der Waals surface area contributed by atoms with Gasteiger partial charge in [-0.1, -0.05) is 6.07 Å². The molecule has 1 amide bonds. The Morgan fingerprint density at radius 3 is 2.95 bits per heavy atom. The summed E-state index contributed by atoms with van der Waals surface area (Å²) in [6.07, 6.45) is 4.85. The molecule has 1 aromatic carbocycles. The fourth-order valence-electron chi connectivity index (χ4n) is 4.02. The van der Waals surface area contributed by atoms with E-state index in [1.54, 1.807) is 0 Å². The molecule has 1 spiro atoms. The molecule has 1 fully saturated rings. The predicted octanol–water partition coefficient (Wildman–Crippen LogP) is 2.03. The van der Waals surface area contributed by atoms with E-state index in [-0.39, 0.29) is 11.3 Å². The summed E-state index contributed by atoms with van der Waals surface area (Å²) in [6, 6.07) is 5.90. The molecule has 1 aliphatic carbocycles. The summed E-state index contributed by atoms with van der Waals surface area (Å²) in [5.74, 6) is -0.116. The van der Waals surface area contributed by atoms with Gasteiger partial charge in [0.1, 0.15) is 0 Å². The Labute approximate surface area is 128 Å². The van der Waals surface area contributed by atoms with Crippen LogP contribution >= 0.6 is 0 Å². The van der Waals surface area contributed by atoms with Gasteiger partial charge in [-0.15, -0.1) is 0 Å². The molecule has 0 radical (unpaired) electrons. The van der Waals surface area contributed by atoms with Crippen LogP contribution in [0.3, 0.4) is 0 Å². The standard InChI is InChI=1S/C17H18N4O/c22-16-10-3-1-4-11-13(10)14-12(20-21-16)9-18-8-2-5-17(6-7-17)15(14)19-11/h1,3-4,18-19H,2,5-9H2,(H,21,22). The Bertz CT molecular complexity index is 829. The number of nitrogens with zero attached hydrogens (tertiary/aromatic N) is 1. The van der Waals surface area contributed by atoms with Crippen molar-refractivity contribution in [2.45, 2.75) is 31.1 Å². The van der Waals surface area contributed by atoms with E-state index >= 15 is 0 Å². The average molecular weight is 294 g/mol. The molecule has 0 atom stereocenters. The van der Waals surface area contributed by atoms with E-state index in [0.717, 1.165) is 34.3 Å². The maximum atomic E-state index is 12.3. The first kappa shape index (κ1) is 12.4. The van der Waals surface area contributed by atoms with Crippen LogP contribution in [0, 0.1) is 0 Å². The van der Waals surface area contributed by atoms with Gasteiger partial charge in [0.15, 0.2) is 0 Å². The van der Waals surface area contributed by atoms with Gasteiger partial charge in [0, 0.05) is 34.1 Å². The van der Waals surface area contributed by atoms with Crippen LogP contribution < -0.4 is 10.7 Å². The van der Waals surface area contributed by atoms with E-state index in [4.69, 9.17) is 0 Å². The molecule has 3 aliphatic rings. The molecule has 1 saturated carbocycles. The van der Waals surface area contributed by atoms with E-state index in [2.05, 4.69) is 26.9 Å². The van der Waals surface area contributed by atoms with Crippen LogP contribution in [0.2, 0.25) is 0 Å². The third-order valence-electron chi connectivity index (χ3n) is 5.33. The van der Waals surface area contributed by atoms with Crippen LogP contribution in [0.25, 0.3) is 10.9 Å². The van der Waals surface area contributed by atoms with E-state index in [1.807, 2.05) is 12.1 Å². The summed E-state index contributed by atoms with van der Waals surface area (Å²) < 4.78 is 0. The SMILES string of the molecule is O=C1NN=C2CNCCCC3(CC3)c3[nH]c4cccc1c4c32. The normalized spacial score (nSPS) is 22.4. The molecule has 2 aliphatic heterocycles. The number of rotatable bonds is 0. The second-order valence-electron chi connectivity index (χ2n) is 6.66. The number of aromatic amines is 1. The highest BCUT2D eigenvalue weighted by Crippen LogP contribution is 2.54. The molecule has 5 rings (SSSR count). The summed E-state index contributed by atoms with van der Waals surface area (Å²) in [4.78, 5) is 16.0. The van der Waals surface area contributed by atoms with Gasteiger partial charge in [-0.3, -0.25) is 4.79 Å². The third-order valence-corrected chi connectivity index (χ3v) is 5.33. The minimum Gasteiger partial charge on any atom is -0.357 e. The molecule has 3 heterocycles. The number of carbonyl (C=O) groups excluding carboxylic acids is 1. The summed E-state index contributed by atoms with van der Waals surface area (Å²) in [6.45, 7) is 1.70. The molecule has 0 unspecified atom stereocenters. The van der Waals surface area contributed by atoms with Crippen molar-refractivity contribution in [3.63, 3.8) is 0 Å². The van der Waals surface area contributed by atoms with Crippen LogP contribution in [0.4, 0.5) is 0 Å². The quantitative estimate of drug-likeness (QED) is 0.696. The Morgan fingerprint density at radius 1 is 1.18 bits per heavy atom. The molecule has 3 N–H and O–H groups in total. The fraction of sp³-hybridized carbons (Fsp3) is 0.412. The van der Waals surface area contributed by atoms with Gasteiger partial charge in [0.25, 0.3) is 5.91 Å². The first-order valence-corrected chi connectivity index (χ1v) is 8.02. The molecular formula is C17H18N4O. The lowest BCUT2D eigenvalue weighted by Gasteiger charge is -2.14. The number of nitrogens with one attached hydrogen (secondary N) is 3. The molecule has 0 bridgehead atoms. The van der Waals surface area contributed by atoms with Crippen molar-refractivity contribution in [1.82, 2.24) is 15.7 Å². The highest BCUT2D eigenvalue weighted by molar-refractivity contribution is 6.21. The largest absolute Gasteiger partial charge is 0.357 e. The number of benzene rings is 1. The van der Waals surface area contributed by atoms with Crippen LogP contribution in [0.15, 0.2) is 23.3 Å². The van der Waals surface area contributed by atoms with Crippen molar-refractivity contribution >= 4 is 22.5 Å². The lowest BCUT2D eigenvalue weighted by Crippen LogP contribution is -2.26. The van der Waals surface area contributed by atoms with Crippen molar-refractivity contribution in [1.29, 1.82) is 0 Å². The highest BCUT2D eigenvalue weighted by atomic mass is 16.2. The van der Waals surface area contributed by atoms with Crippen molar-refractivity contribution in [2.75, 3.05) is 13.1 Å². The summed E-state index contributed by atoms with van der Waals surface area (Å²) in [7, 11) is 0. The molecule has 22 heavy (non-hydrogen) atoms. The minimum absolute atomic E-state index is 0.116. The summed E-state index contributed by atoms with van der Waals surface area (Å²) in [5.41, 5.74) is 8.18. The fourth-order valence-corrected chi connectivity index (χ4v) is 4.02. The first-order valence-electron chi connectivity index (χ1n) is 8.02. The zero-order chi connectivity index (χ0) is 14.7. The third kappa shape index (κ3) is 1.57. The second kappa shape index (κ2) is 4.20. The van der Waals surface area contributed by atoms with E-state index < -0.39 is 0 Å². The zero-order valence-corrected chi connectivity index (χ0v) is 12.3. The van der Waals surface area contributed by atoms with Crippen molar-refractivity contribution in [3.8, 4) is 0 Å². The molecular weight excluding hydrogens is 276 g/mol. The Balaban J connectivity index is 1.88. The molecule has 112 valence electrons. The lowest BCUT2D eigenvalue weighted by molar-refractivity contribution is 0.0957. The van der Waals surface area contributed by atoms with Crippen LogP contribution in [0.1, 0.15) is 47.3 Å². The number of hydrazone groups is 1. The van der Waals surface area contributed by atoms with E-state index in [0.29, 0.717) is 6.54 Å². The summed E-state index contributed by atoms with van der Waals surface area (Å²) in [5, 5.41) is 8.93. The highest BCUT2D eigenvalue weighted by Gasteiger charge is 2.47. The number of aromatic nitrogens is 1. The predicted molar refractivity (Wildman–Crippen MR) is 85.3 cm³/mol. The molecule has 5 nitrogen and oxygen atoms in total. The van der Waals surface area contributed by atoms with Gasteiger partial charge in [-0.2, -0.15) is 5.10 Å². The second-order valence-corrected chi connectivity index (χ2v) is 6.66. The van der Waals surface area contributed by atoms with Gasteiger partial charge in [0.2, 0.25) is 0 Å². The minimum atomic E-state index is -0.116. The van der Waals surface area contributed by atoms with Gasteiger partial charge >= 0.3 is 0 Å². The van der Waals surface area contributed by atoms with Crippen molar-refractivity contribution < 1.29 is 4.79 Å². The monoisotopic (exact) mass is 294 g/mol. The Morgan fingerprint density at radius 2 is 2.09 bits per heavy atom. The first-order chi connectivity index (χ1) is 10.8. The number of carbonyl (C=O) groups is 1. The molecule has 1 aromatic heterocycles. The number of fused-ring (bicyclic) bond motifs is 1. The zero-order valence-electron chi connectivity index (χ0n) is 12.3. The average Bonchev–Trinajstić information content (AvgIpc) is 3.21. The number of hydrogen-bond acceptors (Lipinski definition) is 3. The van der Waals surface area contributed by atoms with Crippen LogP contribution in [-0.2, 0) is 5.41 Å². The van der Waals surface area contributed by atoms with Crippen LogP contribution in [-0.4, -0.2) is 29.7 Å². The maximum Gasteiger partial charge on any atom is 0.272 e.